The first-order valence-corrected chi connectivity index (χ1v) is 9.19. The Bertz CT molecular complexity index is 543. The van der Waals surface area contributed by atoms with Gasteiger partial charge >= 0.3 is 0 Å². The zero-order valence-electron chi connectivity index (χ0n) is 10.6. The molecule has 0 aromatic heterocycles. The van der Waals surface area contributed by atoms with Crippen LogP contribution >= 0.6 is 23.4 Å². The van der Waals surface area contributed by atoms with Crippen LogP contribution in [0.1, 0.15) is 19.3 Å². The fourth-order valence-corrected chi connectivity index (χ4v) is 5.42. The lowest BCUT2D eigenvalue weighted by Crippen LogP contribution is -2.38. The molecule has 1 aliphatic carbocycles. The molecule has 3 N–H and O–H groups in total. The van der Waals surface area contributed by atoms with Gasteiger partial charge in [0.05, 0.1) is 10.7 Å². The van der Waals surface area contributed by atoms with Crippen LogP contribution in [0.25, 0.3) is 0 Å². The van der Waals surface area contributed by atoms with Crippen LogP contribution in [0.4, 0.5) is 5.69 Å². The van der Waals surface area contributed by atoms with Crippen LogP contribution < -0.4 is 10.5 Å². The van der Waals surface area contributed by atoms with Gasteiger partial charge < -0.3 is 5.73 Å². The van der Waals surface area contributed by atoms with Crippen molar-refractivity contribution in [2.24, 2.45) is 0 Å². The minimum Gasteiger partial charge on any atom is -0.398 e. The number of hydrogen-bond donors (Lipinski definition) is 2. The number of thioether (sulfide) groups is 1. The number of rotatable bonds is 4. The third-order valence-corrected chi connectivity index (χ3v) is 6.53. The van der Waals surface area contributed by atoms with Gasteiger partial charge in [-0.1, -0.05) is 24.1 Å². The number of nitrogen functional groups attached to an aromatic ring is 1. The predicted octanol–water partition coefficient (Wildman–Crippen LogP) is 2.48. The summed E-state index contributed by atoms with van der Waals surface area (Å²) < 4.78 is 27.6. The number of halogens is 1. The van der Waals surface area contributed by atoms with E-state index < -0.39 is 10.0 Å². The van der Waals surface area contributed by atoms with Crippen molar-refractivity contribution in [1.29, 1.82) is 0 Å². The Labute approximate surface area is 123 Å². The van der Waals surface area contributed by atoms with Crippen molar-refractivity contribution in [2.45, 2.75) is 35.4 Å². The quantitative estimate of drug-likeness (QED) is 0.836. The molecular weight excluding hydrogens is 304 g/mol. The molecule has 4 nitrogen and oxygen atoms in total. The second kappa shape index (κ2) is 5.91. The molecule has 0 spiro atoms. The molecule has 2 rings (SSSR count). The van der Waals surface area contributed by atoms with Crippen molar-refractivity contribution in [3.8, 4) is 0 Å². The summed E-state index contributed by atoms with van der Waals surface area (Å²) in [5.74, 6) is 0. The molecule has 1 aromatic carbocycles. The van der Waals surface area contributed by atoms with Crippen LogP contribution in [0.2, 0.25) is 5.02 Å². The highest BCUT2D eigenvalue weighted by atomic mass is 35.5. The van der Waals surface area contributed by atoms with Crippen LogP contribution in [0, 0.1) is 0 Å². The zero-order chi connectivity index (χ0) is 14.0. The maximum absolute atomic E-state index is 12.4. The fraction of sp³-hybridized carbons (Fsp3) is 0.500. The van der Waals surface area contributed by atoms with Gasteiger partial charge in [0.1, 0.15) is 4.90 Å². The maximum Gasteiger partial charge on any atom is 0.244 e. The minimum atomic E-state index is -3.67. The molecule has 0 heterocycles. The summed E-state index contributed by atoms with van der Waals surface area (Å²) in [6.07, 6.45) is 4.93. The van der Waals surface area contributed by atoms with Crippen molar-refractivity contribution < 1.29 is 8.42 Å². The monoisotopic (exact) mass is 320 g/mol. The van der Waals surface area contributed by atoms with Crippen molar-refractivity contribution in [2.75, 3.05) is 12.0 Å². The van der Waals surface area contributed by atoms with Crippen molar-refractivity contribution in [1.82, 2.24) is 4.72 Å². The van der Waals surface area contributed by atoms with Gasteiger partial charge in [0, 0.05) is 11.3 Å². The SMILES string of the molecule is CSC1CCCC1NS(=O)(=O)c1c(N)cccc1Cl. The average Bonchev–Trinajstić information content (AvgIpc) is 2.74. The zero-order valence-corrected chi connectivity index (χ0v) is 13.0. The van der Waals surface area contributed by atoms with Gasteiger partial charge in [-0.25, -0.2) is 13.1 Å². The first-order chi connectivity index (χ1) is 8.95. The summed E-state index contributed by atoms with van der Waals surface area (Å²) in [7, 11) is -3.67. The molecule has 2 unspecified atom stereocenters. The van der Waals surface area contributed by atoms with E-state index in [9.17, 15) is 8.42 Å². The topological polar surface area (TPSA) is 72.2 Å². The molecule has 0 aliphatic heterocycles. The lowest BCUT2D eigenvalue weighted by atomic mass is 10.3. The molecule has 0 amide bonds. The number of sulfonamides is 1. The highest BCUT2D eigenvalue weighted by Crippen LogP contribution is 2.32. The first kappa shape index (κ1) is 15.0. The summed E-state index contributed by atoms with van der Waals surface area (Å²) in [6, 6.07) is 4.67. The second-order valence-electron chi connectivity index (χ2n) is 4.59. The van der Waals surface area contributed by atoms with Crippen LogP contribution in [0.15, 0.2) is 23.1 Å². The predicted molar refractivity (Wildman–Crippen MR) is 81.1 cm³/mol. The molecule has 1 fully saturated rings. The lowest BCUT2D eigenvalue weighted by Gasteiger charge is -2.20. The van der Waals surface area contributed by atoms with E-state index in [-0.39, 0.29) is 21.6 Å². The Hall–Kier alpha value is -0.430. The van der Waals surface area contributed by atoms with E-state index in [0.717, 1.165) is 19.3 Å². The van der Waals surface area contributed by atoms with E-state index in [0.29, 0.717) is 5.25 Å². The third-order valence-electron chi connectivity index (χ3n) is 3.33. The van der Waals surface area contributed by atoms with Crippen LogP contribution in [-0.2, 0) is 10.0 Å². The second-order valence-corrected chi connectivity index (χ2v) is 7.73. The molecule has 0 bridgehead atoms. The van der Waals surface area contributed by atoms with Crippen LogP contribution in [0.5, 0.6) is 0 Å². The summed E-state index contributed by atoms with van der Waals surface area (Å²) in [5, 5.41) is 0.477. The maximum atomic E-state index is 12.4. The van der Waals surface area contributed by atoms with Gasteiger partial charge in [0.15, 0.2) is 0 Å². The molecule has 106 valence electrons. The van der Waals surface area contributed by atoms with E-state index in [2.05, 4.69) is 4.72 Å². The number of hydrogen-bond acceptors (Lipinski definition) is 4. The molecule has 0 radical (unpaired) electrons. The molecule has 1 saturated carbocycles. The summed E-state index contributed by atoms with van der Waals surface area (Å²) in [5.41, 5.74) is 5.92. The molecule has 19 heavy (non-hydrogen) atoms. The van der Waals surface area contributed by atoms with Crippen molar-refractivity contribution in [3.05, 3.63) is 23.2 Å². The first-order valence-electron chi connectivity index (χ1n) is 6.05. The summed E-state index contributed by atoms with van der Waals surface area (Å²) >= 11 is 7.66. The van der Waals surface area contributed by atoms with Crippen LogP contribution in [0.3, 0.4) is 0 Å². The molecular formula is C12H17ClN2O2S2. The van der Waals surface area contributed by atoms with E-state index in [1.807, 2.05) is 6.26 Å². The highest BCUT2D eigenvalue weighted by molar-refractivity contribution is 7.99. The molecule has 1 aliphatic rings. The van der Waals surface area contributed by atoms with E-state index in [1.54, 1.807) is 23.9 Å². The van der Waals surface area contributed by atoms with Gasteiger partial charge in [-0.05, 0) is 31.2 Å². The van der Waals surface area contributed by atoms with E-state index in [4.69, 9.17) is 17.3 Å². The van der Waals surface area contributed by atoms with E-state index in [1.165, 1.54) is 6.07 Å². The Kier molecular flexibility index (Phi) is 4.66. The smallest absolute Gasteiger partial charge is 0.244 e. The number of nitrogens with one attached hydrogen (secondary N) is 1. The Morgan fingerprint density at radius 2 is 2.16 bits per heavy atom. The van der Waals surface area contributed by atoms with Crippen molar-refractivity contribution >= 4 is 39.1 Å². The number of nitrogens with two attached hydrogens (primary N) is 1. The third kappa shape index (κ3) is 3.18. The molecule has 0 saturated heterocycles. The molecule has 7 heteroatoms. The van der Waals surface area contributed by atoms with Crippen LogP contribution in [-0.4, -0.2) is 26.0 Å². The average molecular weight is 321 g/mol. The summed E-state index contributed by atoms with van der Waals surface area (Å²) in [4.78, 5) is -0.0107. The summed E-state index contributed by atoms with van der Waals surface area (Å²) in [6.45, 7) is 0. The standard InChI is InChI=1S/C12H17ClN2O2S2/c1-18-11-7-3-6-10(11)15-19(16,17)12-8(13)4-2-5-9(12)14/h2,4-5,10-11,15H,3,6-7,14H2,1H3. The molecule has 1 aromatic rings. The normalized spacial score (nSPS) is 23.7. The Morgan fingerprint density at radius 1 is 1.42 bits per heavy atom. The van der Waals surface area contributed by atoms with E-state index >= 15 is 0 Å². The number of anilines is 1. The Morgan fingerprint density at radius 3 is 2.79 bits per heavy atom. The number of benzene rings is 1. The molecule has 2 atom stereocenters. The van der Waals surface area contributed by atoms with Crippen molar-refractivity contribution in [3.63, 3.8) is 0 Å². The van der Waals surface area contributed by atoms with Gasteiger partial charge in [0.2, 0.25) is 10.0 Å². The van der Waals surface area contributed by atoms with Gasteiger partial charge in [-0.15, -0.1) is 0 Å². The minimum absolute atomic E-state index is 0.0107. The van der Waals surface area contributed by atoms with Gasteiger partial charge in [0.25, 0.3) is 0 Å². The van der Waals surface area contributed by atoms with Gasteiger partial charge in [-0.3, -0.25) is 0 Å². The Balaban J connectivity index is 2.28. The fourth-order valence-electron chi connectivity index (χ4n) is 2.41. The largest absolute Gasteiger partial charge is 0.398 e. The lowest BCUT2D eigenvalue weighted by molar-refractivity contribution is 0.555. The van der Waals surface area contributed by atoms with Gasteiger partial charge in [-0.2, -0.15) is 11.8 Å². The highest BCUT2D eigenvalue weighted by Gasteiger charge is 2.32.